The number of aryl methyl sites for hydroxylation is 1. The van der Waals surface area contributed by atoms with Gasteiger partial charge in [0.15, 0.2) is 11.5 Å². The summed E-state index contributed by atoms with van der Waals surface area (Å²) in [5.41, 5.74) is 6.55. The first-order chi connectivity index (χ1) is 9.24. The van der Waals surface area contributed by atoms with Crippen molar-refractivity contribution in [1.29, 1.82) is 0 Å². The predicted octanol–water partition coefficient (Wildman–Crippen LogP) is 3.07. The molecule has 0 amide bonds. The van der Waals surface area contributed by atoms with Gasteiger partial charge >= 0.3 is 0 Å². The lowest BCUT2D eigenvalue weighted by molar-refractivity contribution is 0.318. The maximum Gasteiger partial charge on any atom is 0.165 e. The molecule has 0 aliphatic rings. The molecule has 5 heteroatoms. The van der Waals surface area contributed by atoms with Crippen molar-refractivity contribution in [2.75, 3.05) is 12.3 Å². The summed E-state index contributed by atoms with van der Waals surface area (Å²) < 4.78 is 13.1. The Kier molecular flexibility index (Phi) is 4.28. The van der Waals surface area contributed by atoms with E-state index in [2.05, 4.69) is 12.0 Å². The number of hydrogen-bond donors (Lipinski definition) is 1. The van der Waals surface area contributed by atoms with E-state index in [-0.39, 0.29) is 0 Å². The van der Waals surface area contributed by atoms with E-state index in [0.717, 1.165) is 13.0 Å². The Labute approximate surface area is 112 Å². The van der Waals surface area contributed by atoms with Crippen LogP contribution in [0.2, 0.25) is 0 Å². The molecule has 1 aromatic heterocycles. The van der Waals surface area contributed by atoms with Crippen molar-refractivity contribution in [3.05, 3.63) is 30.6 Å². The molecule has 2 rings (SSSR count). The first kappa shape index (κ1) is 13.3. The van der Waals surface area contributed by atoms with Crippen molar-refractivity contribution in [1.82, 2.24) is 9.78 Å². The summed E-state index contributed by atoms with van der Waals surface area (Å²) in [5.74, 6) is 1.91. The summed E-state index contributed by atoms with van der Waals surface area (Å²) in [4.78, 5) is 0. The molecular formula is C14H19N3O2. The third kappa shape index (κ3) is 3.19. The second-order valence-electron chi connectivity index (χ2n) is 4.15. The van der Waals surface area contributed by atoms with Crippen LogP contribution in [0.15, 0.2) is 30.6 Å². The monoisotopic (exact) mass is 261 g/mol. The van der Waals surface area contributed by atoms with Gasteiger partial charge < -0.3 is 15.2 Å². The molecule has 1 heterocycles. The molecule has 0 aliphatic heterocycles. The van der Waals surface area contributed by atoms with Crippen LogP contribution in [0.4, 0.5) is 5.69 Å². The first-order valence-corrected chi connectivity index (χ1v) is 6.46. The Morgan fingerprint density at radius 1 is 1.26 bits per heavy atom. The lowest BCUT2D eigenvalue weighted by Gasteiger charge is -2.11. The average Bonchev–Trinajstić information content (AvgIpc) is 2.87. The SMILES string of the molecule is CCCOc1cccc(Oc2cnn(CC)c2)c1N. The number of anilines is 1. The fourth-order valence-corrected chi connectivity index (χ4v) is 1.65. The second kappa shape index (κ2) is 6.13. The van der Waals surface area contributed by atoms with Gasteiger partial charge in [-0.1, -0.05) is 13.0 Å². The number of aromatic nitrogens is 2. The van der Waals surface area contributed by atoms with Gasteiger partial charge in [-0.3, -0.25) is 4.68 Å². The molecule has 2 aromatic rings. The zero-order valence-corrected chi connectivity index (χ0v) is 11.3. The summed E-state index contributed by atoms with van der Waals surface area (Å²) in [7, 11) is 0. The van der Waals surface area contributed by atoms with Crippen LogP contribution >= 0.6 is 0 Å². The van der Waals surface area contributed by atoms with Crippen molar-refractivity contribution in [3.8, 4) is 17.2 Å². The molecule has 5 nitrogen and oxygen atoms in total. The number of ether oxygens (including phenoxy) is 2. The average molecular weight is 261 g/mol. The molecule has 0 saturated heterocycles. The van der Waals surface area contributed by atoms with Gasteiger partial charge in [0.1, 0.15) is 11.4 Å². The van der Waals surface area contributed by atoms with Crippen LogP contribution in [0.3, 0.4) is 0 Å². The van der Waals surface area contributed by atoms with E-state index in [1.54, 1.807) is 10.9 Å². The number of nitrogen functional groups attached to an aromatic ring is 1. The molecule has 0 saturated carbocycles. The van der Waals surface area contributed by atoms with Crippen LogP contribution in [0.25, 0.3) is 0 Å². The number of nitrogens with two attached hydrogens (primary N) is 1. The third-order valence-corrected chi connectivity index (χ3v) is 2.65. The molecule has 0 atom stereocenters. The number of para-hydroxylation sites is 1. The highest BCUT2D eigenvalue weighted by Crippen LogP contribution is 2.34. The van der Waals surface area contributed by atoms with E-state index in [9.17, 15) is 0 Å². The van der Waals surface area contributed by atoms with Gasteiger partial charge in [0.25, 0.3) is 0 Å². The number of benzene rings is 1. The smallest absolute Gasteiger partial charge is 0.165 e. The second-order valence-corrected chi connectivity index (χ2v) is 4.15. The number of hydrogen-bond acceptors (Lipinski definition) is 4. The van der Waals surface area contributed by atoms with E-state index in [0.29, 0.717) is 29.5 Å². The fourth-order valence-electron chi connectivity index (χ4n) is 1.65. The van der Waals surface area contributed by atoms with Crippen LogP contribution in [-0.4, -0.2) is 16.4 Å². The third-order valence-electron chi connectivity index (χ3n) is 2.65. The molecule has 19 heavy (non-hydrogen) atoms. The minimum absolute atomic E-state index is 0.514. The summed E-state index contributed by atoms with van der Waals surface area (Å²) in [5, 5.41) is 4.15. The topological polar surface area (TPSA) is 62.3 Å². The van der Waals surface area contributed by atoms with E-state index in [1.165, 1.54) is 0 Å². The van der Waals surface area contributed by atoms with Gasteiger partial charge in [0.05, 0.1) is 19.0 Å². The Bertz CT molecular complexity index is 537. The Balaban J connectivity index is 2.15. The molecular weight excluding hydrogens is 242 g/mol. The van der Waals surface area contributed by atoms with Crippen LogP contribution in [0.5, 0.6) is 17.2 Å². The van der Waals surface area contributed by atoms with Gasteiger partial charge in [-0.15, -0.1) is 0 Å². The van der Waals surface area contributed by atoms with Gasteiger partial charge in [0.2, 0.25) is 0 Å². The molecule has 0 radical (unpaired) electrons. The summed E-state index contributed by atoms with van der Waals surface area (Å²) in [6, 6.07) is 5.52. The fraction of sp³-hybridized carbons (Fsp3) is 0.357. The highest BCUT2D eigenvalue weighted by molar-refractivity contribution is 5.63. The lowest BCUT2D eigenvalue weighted by atomic mass is 10.2. The van der Waals surface area contributed by atoms with Gasteiger partial charge in [-0.25, -0.2) is 0 Å². The van der Waals surface area contributed by atoms with E-state index in [4.69, 9.17) is 15.2 Å². The molecule has 1 aromatic carbocycles. The highest BCUT2D eigenvalue weighted by Gasteiger charge is 2.09. The van der Waals surface area contributed by atoms with Crippen LogP contribution in [-0.2, 0) is 6.54 Å². The van der Waals surface area contributed by atoms with Gasteiger partial charge in [-0.2, -0.15) is 5.10 Å². The van der Waals surface area contributed by atoms with E-state index in [1.807, 2.05) is 31.3 Å². The van der Waals surface area contributed by atoms with Crippen molar-refractivity contribution in [2.45, 2.75) is 26.8 Å². The Hall–Kier alpha value is -2.17. The normalized spacial score (nSPS) is 10.4. The number of nitrogens with zero attached hydrogens (tertiary/aromatic N) is 2. The van der Waals surface area contributed by atoms with Crippen molar-refractivity contribution < 1.29 is 9.47 Å². The van der Waals surface area contributed by atoms with E-state index >= 15 is 0 Å². The van der Waals surface area contributed by atoms with Gasteiger partial charge in [-0.05, 0) is 25.5 Å². The predicted molar refractivity (Wildman–Crippen MR) is 74.6 cm³/mol. The summed E-state index contributed by atoms with van der Waals surface area (Å²) in [6.07, 6.45) is 4.44. The van der Waals surface area contributed by atoms with Crippen molar-refractivity contribution >= 4 is 5.69 Å². The summed E-state index contributed by atoms with van der Waals surface area (Å²) >= 11 is 0. The highest BCUT2D eigenvalue weighted by atomic mass is 16.5. The first-order valence-electron chi connectivity index (χ1n) is 6.46. The molecule has 102 valence electrons. The zero-order valence-electron chi connectivity index (χ0n) is 11.3. The minimum Gasteiger partial charge on any atom is -0.491 e. The minimum atomic E-state index is 0.514. The van der Waals surface area contributed by atoms with Gasteiger partial charge in [0, 0.05) is 6.54 Å². The van der Waals surface area contributed by atoms with Crippen LogP contribution < -0.4 is 15.2 Å². The number of rotatable bonds is 6. The maximum absolute atomic E-state index is 6.03. The van der Waals surface area contributed by atoms with E-state index < -0.39 is 0 Å². The van der Waals surface area contributed by atoms with Crippen LogP contribution in [0, 0.1) is 0 Å². The Morgan fingerprint density at radius 3 is 2.74 bits per heavy atom. The van der Waals surface area contributed by atoms with Crippen molar-refractivity contribution in [2.24, 2.45) is 0 Å². The zero-order chi connectivity index (χ0) is 13.7. The Morgan fingerprint density at radius 2 is 2.05 bits per heavy atom. The molecule has 0 fully saturated rings. The maximum atomic E-state index is 6.03. The molecule has 0 unspecified atom stereocenters. The van der Waals surface area contributed by atoms with Crippen molar-refractivity contribution in [3.63, 3.8) is 0 Å². The lowest BCUT2D eigenvalue weighted by Crippen LogP contribution is -2.00. The largest absolute Gasteiger partial charge is 0.491 e. The standard InChI is InChI=1S/C14H19N3O2/c1-3-8-18-12-6-5-7-13(14(12)15)19-11-9-16-17(4-2)10-11/h5-7,9-10H,3-4,8,15H2,1-2H3. The summed E-state index contributed by atoms with van der Waals surface area (Å²) in [6.45, 7) is 5.51. The molecule has 0 bridgehead atoms. The van der Waals surface area contributed by atoms with Crippen LogP contribution in [0.1, 0.15) is 20.3 Å². The molecule has 0 spiro atoms. The molecule has 0 aliphatic carbocycles. The molecule has 2 N–H and O–H groups in total. The quantitative estimate of drug-likeness (QED) is 0.812.